The van der Waals surface area contributed by atoms with Crippen molar-refractivity contribution in [1.29, 1.82) is 0 Å². The molecule has 1 heterocycles. The maximum Gasteiger partial charge on any atom is 0.250 e. The van der Waals surface area contributed by atoms with Crippen LogP contribution in [0, 0.1) is 6.92 Å². The van der Waals surface area contributed by atoms with Gasteiger partial charge in [-0.15, -0.1) is 0 Å². The minimum absolute atomic E-state index is 0.405. The Morgan fingerprint density at radius 3 is 2.73 bits per heavy atom. The molecule has 0 radical (unpaired) electrons. The van der Waals surface area contributed by atoms with Gasteiger partial charge in [-0.25, -0.2) is 4.79 Å². The number of nitrogens with zero attached hydrogens (tertiary/aromatic N) is 2. The molecule has 0 bridgehead atoms. The molecule has 1 amide bonds. The van der Waals surface area contributed by atoms with Crippen molar-refractivity contribution in [1.82, 2.24) is 4.57 Å². The molecule has 0 atom stereocenters. The lowest BCUT2D eigenvalue weighted by Gasteiger charge is -2.09. The zero-order valence-corrected chi connectivity index (χ0v) is 11.9. The smallest absolute Gasteiger partial charge is 0.250 e. The van der Waals surface area contributed by atoms with Gasteiger partial charge in [0, 0.05) is 11.6 Å². The predicted molar refractivity (Wildman–Crippen MR) is 84.3 cm³/mol. The summed E-state index contributed by atoms with van der Waals surface area (Å²) in [5.74, 6) is -0.509. The summed E-state index contributed by atoms with van der Waals surface area (Å²) in [7, 11) is 0. The van der Waals surface area contributed by atoms with Crippen LogP contribution in [0.15, 0.2) is 53.7 Å². The third kappa shape index (κ3) is 2.20. The van der Waals surface area contributed by atoms with E-state index in [0.29, 0.717) is 16.9 Å². The van der Waals surface area contributed by atoms with Gasteiger partial charge in [0.05, 0.1) is 16.8 Å². The van der Waals surface area contributed by atoms with Crippen LogP contribution in [-0.4, -0.2) is 16.6 Å². The number of nitrogens with two attached hydrogens (primary N) is 1. The normalized spacial score (nSPS) is 10.4. The second kappa shape index (κ2) is 5.31. The lowest BCUT2D eigenvalue weighted by molar-refractivity contribution is 0.100. The minimum Gasteiger partial charge on any atom is -0.366 e. The van der Waals surface area contributed by atoms with Crippen molar-refractivity contribution in [2.75, 3.05) is 0 Å². The van der Waals surface area contributed by atoms with E-state index in [1.807, 2.05) is 35.8 Å². The number of benzene rings is 2. The maximum atomic E-state index is 11.7. The van der Waals surface area contributed by atoms with Crippen LogP contribution in [0.4, 0.5) is 5.69 Å². The molecule has 108 valence electrons. The third-order valence-corrected chi connectivity index (χ3v) is 3.54. The fraction of sp³-hybridized carbons (Fsp3) is 0.0588. The average molecular weight is 291 g/mol. The molecule has 2 aromatic carbocycles. The first-order valence-corrected chi connectivity index (χ1v) is 6.70. The lowest BCUT2D eigenvalue weighted by Crippen LogP contribution is -2.14. The lowest BCUT2D eigenvalue weighted by atomic mass is 10.1. The van der Waals surface area contributed by atoms with Crippen molar-refractivity contribution in [2.24, 2.45) is 10.7 Å². The molecule has 3 aromatic rings. The Kier molecular flexibility index (Phi) is 3.33. The number of para-hydroxylation sites is 1. The monoisotopic (exact) mass is 291 g/mol. The van der Waals surface area contributed by atoms with E-state index in [2.05, 4.69) is 4.99 Å². The third-order valence-electron chi connectivity index (χ3n) is 3.54. The quantitative estimate of drug-likeness (QED) is 0.594. The van der Waals surface area contributed by atoms with E-state index in [-0.39, 0.29) is 0 Å². The number of hydrogen-bond acceptors (Lipinski definition) is 3. The number of aryl methyl sites for hydroxylation is 1. The van der Waals surface area contributed by atoms with Crippen molar-refractivity contribution in [3.05, 3.63) is 59.8 Å². The number of primary amides is 1. The molecule has 0 aliphatic carbocycles. The molecule has 0 saturated carbocycles. The topological polar surface area (TPSA) is 77.4 Å². The number of hydrogen-bond donors (Lipinski definition) is 1. The van der Waals surface area contributed by atoms with Crippen LogP contribution in [0.3, 0.4) is 0 Å². The molecule has 2 N–H and O–H groups in total. The standard InChI is InChI=1S/C17H13N3O2/c1-11-6-7-12-14(19-10-21)9-20(16(12)8-11)15-5-3-2-4-13(15)17(18)22/h2-9H,1H3,(H2,18,22). The summed E-state index contributed by atoms with van der Waals surface area (Å²) in [5, 5.41) is 0.813. The number of carbonyl (C=O) groups is 1. The first kappa shape index (κ1) is 13.8. The molecule has 3 rings (SSSR count). The minimum atomic E-state index is -0.509. The fourth-order valence-corrected chi connectivity index (χ4v) is 2.55. The van der Waals surface area contributed by atoms with E-state index in [1.54, 1.807) is 30.5 Å². The molecule has 0 aliphatic heterocycles. The first-order valence-electron chi connectivity index (χ1n) is 6.70. The molecule has 0 unspecified atom stereocenters. The zero-order chi connectivity index (χ0) is 15.7. The van der Waals surface area contributed by atoms with Gasteiger partial charge in [-0.1, -0.05) is 24.3 Å². The van der Waals surface area contributed by atoms with Gasteiger partial charge in [0.2, 0.25) is 6.08 Å². The average Bonchev–Trinajstić information content (AvgIpc) is 2.85. The second-order valence-corrected chi connectivity index (χ2v) is 4.99. The van der Waals surface area contributed by atoms with Crippen LogP contribution < -0.4 is 5.73 Å². The van der Waals surface area contributed by atoms with Crippen molar-refractivity contribution in [2.45, 2.75) is 6.92 Å². The highest BCUT2D eigenvalue weighted by Gasteiger charge is 2.14. The van der Waals surface area contributed by atoms with Crippen LogP contribution in [0.1, 0.15) is 15.9 Å². The summed E-state index contributed by atoms with van der Waals surface area (Å²) < 4.78 is 1.82. The number of isocyanates is 1. The van der Waals surface area contributed by atoms with E-state index in [9.17, 15) is 9.59 Å². The molecule has 0 fully saturated rings. The summed E-state index contributed by atoms with van der Waals surface area (Å²) in [6.45, 7) is 1.97. The van der Waals surface area contributed by atoms with E-state index < -0.39 is 5.91 Å². The Hall–Kier alpha value is -3.17. The fourth-order valence-electron chi connectivity index (χ4n) is 2.55. The molecular formula is C17H13N3O2. The first-order chi connectivity index (χ1) is 10.6. The van der Waals surface area contributed by atoms with E-state index in [4.69, 9.17) is 5.73 Å². The van der Waals surface area contributed by atoms with Crippen molar-refractivity contribution in [3.8, 4) is 5.69 Å². The van der Waals surface area contributed by atoms with Crippen molar-refractivity contribution >= 4 is 28.6 Å². The predicted octanol–water partition coefficient (Wildman–Crippen LogP) is 3.01. The highest BCUT2D eigenvalue weighted by Crippen LogP contribution is 2.32. The molecule has 0 spiro atoms. The van der Waals surface area contributed by atoms with E-state index in [0.717, 1.165) is 16.5 Å². The van der Waals surface area contributed by atoms with Gasteiger partial charge >= 0.3 is 0 Å². The van der Waals surface area contributed by atoms with Gasteiger partial charge in [-0.2, -0.15) is 4.99 Å². The Bertz CT molecular complexity index is 934. The molecular weight excluding hydrogens is 278 g/mol. The Labute approximate surface area is 126 Å². The Morgan fingerprint density at radius 1 is 1.23 bits per heavy atom. The SMILES string of the molecule is Cc1ccc2c(N=C=O)cn(-c3ccccc3C(N)=O)c2c1. The largest absolute Gasteiger partial charge is 0.366 e. The Balaban J connectivity index is 2.39. The molecule has 1 aromatic heterocycles. The van der Waals surface area contributed by atoms with Gasteiger partial charge in [0.25, 0.3) is 5.91 Å². The van der Waals surface area contributed by atoms with Crippen LogP contribution in [0.5, 0.6) is 0 Å². The van der Waals surface area contributed by atoms with E-state index >= 15 is 0 Å². The number of aromatic nitrogens is 1. The zero-order valence-electron chi connectivity index (χ0n) is 11.9. The molecule has 5 nitrogen and oxygen atoms in total. The maximum absolute atomic E-state index is 11.7. The highest BCUT2D eigenvalue weighted by atomic mass is 16.1. The molecule has 22 heavy (non-hydrogen) atoms. The summed E-state index contributed by atoms with van der Waals surface area (Å²) in [4.78, 5) is 26.0. The van der Waals surface area contributed by atoms with Crippen LogP contribution in [0.25, 0.3) is 16.6 Å². The van der Waals surface area contributed by atoms with Crippen LogP contribution in [0.2, 0.25) is 0 Å². The van der Waals surface area contributed by atoms with E-state index in [1.165, 1.54) is 0 Å². The van der Waals surface area contributed by atoms with Gasteiger partial charge in [-0.3, -0.25) is 4.79 Å². The summed E-state index contributed by atoms with van der Waals surface area (Å²) in [6.07, 6.45) is 3.27. The number of rotatable bonds is 3. The van der Waals surface area contributed by atoms with Gasteiger partial charge in [0.1, 0.15) is 5.69 Å². The van der Waals surface area contributed by atoms with Crippen molar-refractivity contribution in [3.63, 3.8) is 0 Å². The number of aliphatic imine (C=N–C) groups is 1. The second-order valence-electron chi connectivity index (χ2n) is 4.99. The summed E-state index contributed by atoms with van der Waals surface area (Å²) in [6, 6.07) is 12.9. The summed E-state index contributed by atoms with van der Waals surface area (Å²) in [5.41, 5.74) is 8.92. The van der Waals surface area contributed by atoms with Gasteiger partial charge < -0.3 is 10.3 Å². The van der Waals surface area contributed by atoms with Gasteiger partial charge in [-0.05, 0) is 30.7 Å². The summed E-state index contributed by atoms with van der Waals surface area (Å²) >= 11 is 0. The highest BCUT2D eigenvalue weighted by molar-refractivity contribution is 5.99. The molecule has 5 heteroatoms. The molecule has 0 saturated heterocycles. The van der Waals surface area contributed by atoms with Gasteiger partial charge in [0.15, 0.2) is 0 Å². The van der Waals surface area contributed by atoms with Crippen LogP contribution in [-0.2, 0) is 4.79 Å². The van der Waals surface area contributed by atoms with Crippen molar-refractivity contribution < 1.29 is 9.59 Å². The number of fused-ring (bicyclic) bond motifs is 1. The van der Waals surface area contributed by atoms with Crippen LogP contribution >= 0.6 is 0 Å². The number of carbonyl (C=O) groups excluding carboxylic acids is 2. The number of amides is 1. The molecule has 0 aliphatic rings. The Morgan fingerprint density at radius 2 is 2.00 bits per heavy atom.